The standard InChI is InChI=1S/C16H15F2N3O4S.Na.H2O.H/c1-23-13-5-6-19-12(14(13)24-2)8-26(22)16-20-10-4-3-9(25-15(17)18)7-11(10)21-16;;;/h3-7,15H,8H2,1-2H3,(H,20,21);;1H2;/t26-;;;/m0.../s1. The van der Waals surface area contributed by atoms with Crippen LogP contribution in [0, 0.1) is 0 Å². The Bertz CT molecular complexity index is 915. The van der Waals surface area contributed by atoms with Crippen LogP contribution in [0.25, 0.3) is 11.0 Å². The summed E-state index contributed by atoms with van der Waals surface area (Å²) in [5, 5.41) is 0.195. The molecule has 3 aromatic rings. The summed E-state index contributed by atoms with van der Waals surface area (Å²) < 4.78 is 52.1. The molecule has 8 nitrogen and oxygen atoms in total. The molecule has 0 spiro atoms. The molecule has 0 bridgehead atoms. The number of nitrogens with one attached hydrogen (secondary N) is 1. The SMILES string of the molecule is COc1ccnc(C[S@+]([O-])c2nc3ccc(OC(F)F)cc3[nH]2)c1OC.O.[NaH]. The number of fused-ring (bicyclic) bond motifs is 1. The molecule has 12 heteroatoms. The quantitative estimate of drug-likeness (QED) is 0.451. The number of aromatic nitrogens is 3. The Morgan fingerprint density at radius 1 is 1.21 bits per heavy atom. The molecule has 0 saturated carbocycles. The van der Waals surface area contributed by atoms with Gasteiger partial charge in [-0.3, -0.25) is 9.97 Å². The third-order valence-electron chi connectivity index (χ3n) is 3.51. The zero-order valence-electron chi connectivity index (χ0n) is 14.4. The van der Waals surface area contributed by atoms with Crippen molar-refractivity contribution >= 4 is 51.8 Å². The molecule has 1 aromatic carbocycles. The van der Waals surface area contributed by atoms with Crippen LogP contribution in [-0.2, 0) is 16.9 Å². The zero-order chi connectivity index (χ0) is 18.7. The molecular formula is C16H18F2N3NaO5S. The van der Waals surface area contributed by atoms with Crippen LogP contribution in [0.2, 0.25) is 0 Å². The molecule has 0 radical (unpaired) electrons. The molecule has 0 aliphatic carbocycles. The van der Waals surface area contributed by atoms with Crippen molar-refractivity contribution in [3.8, 4) is 17.2 Å². The van der Waals surface area contributed by atoms with E-state index < -0.39 is 17.8 Å². The number of hydrogen-bond acceptors (Lipinski definition) is 6. The number of hydrogen-bond donors (Lipinski definition) is 1. The van der Waals surface area contributed by atoms with Gasteiger partial charge in [0.1, 0.15) is 11.4 Å². The number of pyridine rings is 1. The molecule has 0 amide bonds. The molecule has 0 fully saturated rings. The summed E-state index contributed by atoms with van der Waals surface area (Å²) in [6.45, 7) is -2.92. The molecular weight excluding hydrogens is 407 g/mol. The van der Waals surface area contributed by atoms with Crippen molar-refractivity contribution in [2.24, 2.45) is 0 Å². The molecule has 0 unspecified atom stereocenters. The van der Waals surface area contributed by atoms with Gasteiger partial charge in [0.15, 0.2) is 17.3 Å². The Morgan fingerprint density at radius 3 is 2.61 bits per heavy atom. The summed E-state index contributed by atoms with van der Waals surface area (Å²) in [5.41, 5.74) is 1.38. The van der Waals surface area contributed by atoms with Crippen LogP contribution >= 0.6 is 0 Å². The Morgan fingerprint density at radius 2 is 1.96 bits per heavy atom. The topological polar surface area (TPSA) is 124 Å². The Hall–Kier alpha value is -1.63. The molecule has 3 N–H and O–H groups in total. The van der Waals surface area contributed by atoms with E-state index in [1.807, 2.05) is 0 Å². The minimum absolute atomic E-state index is 0. The van der Waals surface area contributed by atoms with Crippen molar-refractivity contribution < 1.29 is 33.0 Å². The second-order valence-corrected chi connectivity index (χ2v) is 6.45. The van der Waals surface area contributed by atoms with Crippen LogP contribution in [0.4, 0.5) is 8.78 Å². The Kier molecular flexibility index (Phi) is 9.40. The number of rotatable bonds is 7. The first-order valence-corrected chi connectivity index (χ1v) is 8.72. The molecule has 0 aliphatic rings. The van der Waals surface area contributed by atoms with Gasteiger partial charge >= 0.3 is 41.3 Å². The Balaban J connectivity index is 0.00000196. The summed E-state index contributed by atoms with van der Waals surface area (Å²) in [6.07, 6.45) is 1.53. The van der Waals surface area contributed by atoms with Crippen molar-refractivity contribution in [2.75, 3.05) is 14.2 Å². The number of halogens is 2. The van der Waals surface area contributed by atoms with Gasteiger partial charge in [-0.15, -0.1) is 0 Å². The van der Waals surface area contributed by atoms with Gasteiger partial charge in [0, 0.05) is 29.5 Å². The van der Waals surface area contributed by atoms with Gasteiger partial charge in [-0.1, -0.05) is 0 Å². The summed E-state index contributed by atoms with van der Waals surface area (Å²) in [4.78, 5) is 11.3. The van der Waals surface area contributed by atoms with Crippen LogP contribution in [0.15, 0.2) is 35.6 Å². The van der Waals surface area contributed by atoms with E-state index in [0.29, 0.717) is 28.2 Å². The van der Waals surface area contributed by atoms with E-state index in [0.717, 1.165) is 0 Å². The molecule has 3 rings (SSSR count). The second-order valence-electron chi connectivity index (χ2n) is 5.08. The molecule has 2 aromatic heterocycles. The first kappa shape index (κ1) is 24.4. The van der Waals surface area contributed by atoms with Gasteiger partial charge < -0.3 is 24.2 Å². The normalized spacial score (nSPS) is 11.5. The fourth-order valence-corrected chi connectivity index (χ4v) is 3.41. The predicted octanol–water partition coefficient (Wildman–Crippen LogP) is 1.41. The predicted molar refractivity (Wildman–Crippen MR) is 101 cm³/mol. The number of imidazole rings is 1. The van der Waals surface area contributed by atoms with Crippen LogP contribution in [0.5, 0.6) is 17.2 Å². The van der Waals surface area contributed by atoms with Gasteiger partial charge in [-0.2, -0.15) is 13.8 Å². The summed E-state index contributed by atoms with van der Waals surface area (Å²) in [5.74, 6) is 0.908. The molecule has 28 heavy (non-hydrogen) atoms. The van der Waals surface area contributed by atoms with E-state index >= 15 is 0 Å². The number of benzene rings is 1. The van der Waals surface area contributed by atoms with Crippen LogP contribution in [0.3, 0.4) is 0 Å². The molecule has 0 saturated heterocycles. The molecule has 0 aliphatic heterocycles. The van der Waals surface area contributed by atoms with Gasteiger partial charge in [-0.05, 0) is 12.1 Å². The first-order valence-electron chi connectivity index (χ1n) is 7.40. The van der Waals surface area contributed by atoms with Crippen molar-refractivity contribution in [1.29, 1.82) is 0 Å². The van der Waals surface area contributed by atoms with Gasteiger partial charge in [0.25, 0.3) is 0 Å². The minimum atomic E-state index is -2.92. The summed E-state index contributed by atoms with van der Waals surface area (Å²) >= 11 is -1.56. The van der Waals surface area contributed by atoms with Gasteiger partial charge in [-0.25, -0.2) is 0 Å². The van der Waals surface area contributed by atoms with E-state index in [9.17, 15) is 13.3 Å². The third-order valence-corrected chi connectivity index (χ3v) is 4.67. The molecule has 1 atom stereocenters. The third kappa shape index (κ3) is 5.46. The number of aromatic amines is 1. The van der Waals surface area contributed by atoms with Crippen molar-refractivity contribution in [1.82, 2.24) is 15.0 Å². The van der Waals surface area contributed by atoms with E-state index in [-0.39, 0.29) is 51.7 Å². The van der Waals surface area contributed by atoms with E-state index in [1.165, 1.54) is 38.6 Å². The van der Waals surface area contributed by atoms with E-state index in [1.54, 1.807) is 6.07 Å². The van der Waals surface area contributed by atoms with E-state index in [4.69, 9.17) is 9.47 Å². The summed E-state index contributed by atoms with van der Waals surface area (Å²) in [7, 11) is 2.97. The Labute approximate surface area is 184 Å². The van der Waals surface area contributed by atoms with Gasteiger partial charge in [0.05, 0.1) is 25.3 Å². The zero-order valence-corrected chi connectivity index (χ0v) is 15.2. The van der Waals surface area contributed by atoms with Gasteiger partial charge in [0.2, 0.25) is 0 Å². The molecule has 148 valence electrons. The average molecular weight is 425 g/mol. The van der Waals surface area contributed by atoms with Crippen molar-refractivity contribution in [3.63, 3.8) is 0 Å². The fourth-order valence-electron chi connectivity index (χ4n) is 2.40. The number of nitrogens with zero attached hydrogens (tertiary/aromatic N) is 2. The maximum atomic E-state index is 12.6. The number of alkyl halides is 2. The first-order chi connectivity index (χ1) is 12.5. The molecule has 2 heterocycles. The number of methoxy groups -OCH3 is 2. The average Bonchev–Trinajstić information content (AvgIpc) is 3.04. The number of H-pyrrole nitrogens is 1. The van der Waals surface area contributed by atoms with Crippen LogP contribution in [0.1, 0.15) is 5.69 Å². The summed E-state index contributed by atoms with van der Waals surface area (Å²) in [6, 6.07) is 5.89. The van der Waals surface area contributed by atoms with Crippen LogP contribution in [-0.4, -0.2) is 75.4 Å². The van der Waals surface area contributed by atoms with Crippen molar-refractivity contribution in [2.45, 2.75) is 17.5 Å². The maximum absolute atomic E-state index is 12.6. The van der Waals surface area contributed by atoms with E-state index in [2.05, 4.69) is 19.7 Å². The van der Waals surface area contributed by atoms with Crippen LogP contribution < -0.4 is 14.2 Å². The number of ether oxygens (including phenoxy) is 3. The fraction of sp³-hybridized carbons (Fsp3) is 0.250. The monoisotopic (exact) mass is 425 g/mol. The second kappa shape index (κ2) is 10.8. The van der Waals surface area contributed by atoms with Crippen molar-refractivity contribution in [3.05, 3.63) is 36.2 Å².